The zero-order chi connectivity index (χ0) is 11.5. The van der Waals surface area contributed by atoms with E-state index in [0.29, 0.717) is 0 Å². The van der Waals surface area contributed by atoms with Gasteiger partial charge in [-0.1, -0.05) is 38.8 Å². The Morgan fingerprint density at radius 2 is 2.00 bits per heavy atom. The second-order valence-corrected chi connectivity index (χ2v) is 4.88. The highest BCUT2D eigenvalue weighted by atomic mass is 14.8. The van der Waals surface area contributed by atoms with Gasteiger partial charge >= 0.3 is 0 Å². The summed E-state index contributed by atoms with van der Waals surface area (Å²) in [5, 5.41) is 3.42. The molecule has 0 aliphatic heterocycles. The molecule has 0 atom stereocenters. The van der Waals surface area contributed by atoms with Crippen LogP contribution in [0.2, 0.25) is 0 Å². The molecule has 0 saturated heterocycles. The maximum atomic E-state index is 3.42. The monoisotopic (exact) mass is 211 g/mol. The second kappa shape index (κ2) is 10.2. The zero-order valence-electron chi connectivity index (χ0n) is 11.1. The van der Waals surface area contributed by atoms with Crippen molar-refractivity contribution >= 4 is 0 Å². The molecule has 0 aliphatic carbocycles. The van der Waals surface area contributed by atoms with E-state index in [4.69, 9.17) is 0 Å². The Morgan fingerprint density at radius 1 is 1.27 bits per heavy atom. The predicted octanol–water partition coefficient (Wildman–Crippen LogP) is 4.15. The highest BCUT2D eigenvalue weighted by molar-refractivity contribution is 4.97. The van der Waals surface area contributed by atoms with Crippen molar-refractivity contribution in [2.45, 2.75) is 59.8 Å². The minimum Gasteiger partial charge on any atom is -0.316 e. The van der Waals surface area contributed by atoms with Crippen LogP contribution in [0.5, 0.6) is 0 Å². The Bertz CT molecular complexity index is 159. The molecule has 0 radical (unpaired) electrons. The largest absolute Gasteiger partial charge is 0.316 e. The molecule has 0 amide bonds. The molecule has 0 heterocycles. The molecular formula is C14H29N. The van der Waals surface area contributed by atoms with Crippen LogP contribution in [0.15, 0.2) is 11.6 Å². The summed E-state index contributed by atoms with van der Waals surface area (Å²) in [7, 11) is 0. The first kappa shape index (κ1) is 14.7. The minimum absolute atomic E-state index is 0.851. The lowest BCUT2D eigenvalue weighted by Gasteiger charge is -2.05. The fraction of sp³-hybridized carbons (Fsp3) is 0.857. The van der Waals surface area contributed by atoms with E-state index in [-0.39, 0.29) is 0 Å². The van der Waals surface area contributed by atoms with Crippen LogP contribution in [-0.2, 0) is 0 Å². The lowest BCUT2D eigenvalue weighted by Crippen LogP contribution is -2.15. The van der Waals surface area contributed by atoms with E-state index in [1.807, 2.05) is 0 Å². The third kappa shape index (κ3) is 11.6. The molecule has 0 saturated carbocycles. The summed E-state index contributed by atoms with van der Waals surface area (Å²) in [4.78, 5) is 0. The lowest BCUT2D eigenvalue weighted by atomic mass is 10.0. The first-order valence-corrected chi connectivity index (χ1v) is 6.53. The van der Waals surface area contributed by atoms with Gasteiger partial charge in [-0.25, -0.2) is 0 Å². The molecule has 15 heavy (non-hydrogen) atoms. The normalized spacial score (nSPS) is 12.5. The average Bonchev–Trinajstić information content (AvgIpc) is 2.17. The van der Waals surface area contributed by atoms with Crippen LogP contribution in [0.3, 0.4) is 0 Å². The van der Waals surface area contributed by atoms with Gasteiger partial charge in [0.15, 0.2) is 0 Å². The molecule has 1 nitrogen and oxygen atoms in total. The Hall–Kier alpha value is -0.300. The fourth-order valence-corrected chi connectivity index (χ4v) is 1.61. The van der Waals surface area contributed by atoms with Crippen LogP contribution < -0.4 is 5.32 Å². The van der Waals surface area contributed by atoms with Crippen LogP contribution in [-0.4, -0.2) is 13.1 Å². The van der Waals surface area contributed by atoms with Gasteiger partial charge in [-0.3, -0.25) is 0 Å². The van der Waals surface area contributed by atoms with Crippen molar-refractivity contribution in [1.29, 1.82) is 0 Å². The molecule has 0 spiro atoms. The Labute approximate surface area is 96.3 Å². The minimum atomic E-state index is 0.851. The van der Waals surface area contributed by atoms with Gasteiger partial charge in [0.2, 0.25) is 0 Å². The summed E-state index contributed by atoms with van der Waals surface area (Å²) in [6.07, 6.45) is 8.81. The predicted molar refractivity (Wildman–Crippen MR) is 70.2 cm³/mol. The van der Waals surface area contributed by atoms with Crippen LogP contribution >= 0.6 is 0 Å². The van der Waals surface area contributed by atoms with Crippen molar-refractivity contribution in [3.63, 3.8) is 0 Å². The molecule has 0 aromatic rings. The SMILES string of the molecule is CCCNCC/C=C(/C)CCCC(C)C. The number of nitrogens with one attached hydrogen (secondary N) is 1. The van der Waals surface area contributed by atoms with Gasteiger partial charge in [-0.05, 0) is 51.6 Å². The number of hydrogen-bond donors (Lipinski definition) is 1. The van der Waals surface area contributed by atoms with Crippen molar-refractivity contribution in [3.05, 3.63) is 11.6 Å². The maximum absolute atomic E-state index is 3.42. The second-order valence-electron chi connectivity index (χ2n) is 4.88. The maximum Gasteiger partial charge on any atom is -0.00142 e. The summed E-state index contributed by atoms with van der Waals surface area (Å²) in [6.45, 7) is 11.4. The highest BCUT2D eigenvalue weighted by Gasteiger charge is 1.95. The van der Waals surface area contributed by atoms with Crippen LogP contribution in [0.1, 0.15) is 59.8 Å². The van der Waals surface area contributed by atoms with Gasteiger partial charge < -0.3 is 5.32 Å². The quantitative estimate of drug-likeness (QED) is 0.446. The third-order valence-electron chi connectivity index (χ3n) is 2.59. The molecule has 0 rings (SSSR count). The van der Waals surface area contributed by atoms with E-state index in [9.17, 15) is 0 Å². The van der Waals surface area contributed by atoms with E-state index < -0.39 is 0 Å². The molecule has 0 aromatic heterocycles. The van der Waals surface area contributed by atoms with E-state index >= 15 is 0 Å². The third-order valence-corrected chi connectivity index (χ3v) is 2.59. The van der Waals surface area contributed by atoms with Crippen molar-refractivity contribution in [1.82, 2.24) is 5.32 Å². The first-order chi connectivity index (χ1) is 7.16. The molecule has 0 bridgehead atoms. The smallest absolute Gasteiger partial charge is 0.00142 e. The average molecular weight is 211 g/mol. The summed E-state index contributed by atoms with van der Waals surface area (Å²) in [6, 6.07) is 0. The van der Waals surface area contributed by atoms with Crippen LogP contribution in [0, 0.1) is 5.92 Å². The van der Waals surface area contributed by atoms with Crippen molar-refractivity contribution in [3.8, 4) is 0 Å². The lowest BCUT2D eigenvalue weighted by molar-refractivity contribution is 0.554. The Balaban J connectivity index is 3.35. The van der Waals surface area contributed by atoms with Crippen LogP contribution in [0.25, 0.3) is 0 Å². The summed E-state index contributed by atoms with van der Waals surface area (Å²) in [5.41, 5.74) is 1.56. The summed E-state index contributed by atoms with van der Waals surface area (Å²) >= 11 is 0. The van der Waals surface area contributed by atoms with Gasteiger partial charge in [-0.15, -0.1) is 0 Å². The Morgan fingerprint density at radius 3 is 2.60 bits per heavy atom. The van der Waals surface area contributed by atoms with E-state index in [1.54, 1.807) is 5.57 Å². The molecule has 0 aromatic carbocycles. The Kier molecular flexibility index (Phi) is 10.0. The van der Waals surface area contributed by atoms with E-state index in [2.05, 4.69) is 39.1 Å². The van der Waals surface area contributed by atoms with Gasteiger partial charge in [0.05, 0.1) is 0 Å². The number of hydrogen-bond acceptors (Lipinski definition) is 1. The fourth-order valence-electron chi connectivity index (χ4n) is 1.61. The standard InChI is InChI=1S/C14H29N/c1-5-11-15-12-7-10-14(4)9-6-8-13(2)3/h10,13,15H,5-9,11-12H2,1-4H3/b14-10-. The molecular weight excluding hydrogens is 182 g/mol. The molecule has 0 unspecified atom stereocenters. The summed E-state index contributed by atoms with van der Waals surface area (Å²) in [5.74, 6) is 0.851. The van der Waals surface area contributed by atoms with Crippen molar-refractivity contribution in [2.24, 2.45) is 5.92 Å². The van der Waals surface area contributed by atoms with Crippen molar-refractivity contribution < 1.29 is 0 Å². The molecule has 1 heteroatoms. The topological polar surface area (TPSA) is 12.0 Å². The van der Waals surface area contributed by atoms with Gasteiger partial charge in [0, 0.05) is 0 Å². The molecule has 90 valence electrons. The van der Waals surface area contributed by atoms with Gasteiger partial charge in [0.1, 0.15) is 0 Å². The summed E-state index contributed by atoms with van der Waals surface area (Å²) < 4.78 is 0. The molecule has 0 fully saturated rings. The zero-order valence-corrected chi connectivity index (χ0v) is 11.1. The van der Waals surface area contributed by atoms with Gasteiger partial charge in [-0.2, -0.15) is 0 Å². The first-order valence-electron chi connectivity index (χ1n) is 6.53. The van der Waals surface area contributed by atoms with E-state index in [0.717, 1.165) is 19.0 Å². The van der Waals surface area contributed by atoms with Gasteiger partial charge in [0.25, 0.3) is 0 Å². The van der Waals surface area contributed by atoms with Crippen molar-refractivity contribution in [2.75, 3.05) is 13.1 Å². The molecule has 1 N–H and O–H groups in total. The van der Waals surface area contributed by atoms with E-state index in [1.165, 1.54) is 32.1 Å². The van der Waals surface area contributed by atoms with Crippen LogP contribution in [0.4, 0.5) is 0 Å². The number of rotatable bonds is 9. The number of allylic oxidation sites excluding steroid dienone is 1. The highest BCUT2D eigenvalue weighted by Crippen LogP contribution is 2.11. The molecule has 0 aliphatic rings.